The Kier molecular flexibility index (Phi) is 5.29. The predicted octanol–water partition coefficient (Wildman–Crippen LogP) is 2.32. The fraction of sp³-hybridized carbons (Fsp3) is 0.250. The van der Waals surface area contributed by atoms with Crippen molar-refractivity contribution in [1.29, 1.82) is 0 Å². The molecule has 0 aliphatic heterocycles. The number of para-hydroxylation sites is 1. The summed E-state index contributed by atoms with van der Waals surface area (Å²) in [6.45, 7) is 1.49. The number of aliphatic hydroxyl groups is 1. The normalized spacial score (nSPS) is 14.2. The summed E-state index contributed by atoms with van der Waals surface area (Å²) in [5.41, 5.74) is -0.456. The maximum absolute atomic E-state index is 12.4. The Labute approximate surface area is 163 Å². The van der Waals surface area contributed by atoms with Crippen molar-refractivity contribution in [3.8, 4) is 0 Å². The quantitative estimate of drug-likeness (QED) is 0.659. The number of rotatable bonds is 6. The summed E-state index contributed by atoms with van der Waals surface area (Å²) in [4.78, 5) is 12.5. The van der Waals surface area contributed by atoms with Crippen molar-refractivity contribution in [2.75, 3.05) is 20.6 Å². The molecule has 0 radical (unpaired) electrons. The van der Waals surface area contributed by atoms with E-state index in [4.69, 9.17) is 4.42 Å². The predicted molar refractivity (Wildman–Crippen MR) is 105 cm³/mol. The van der Waals surface area contributed by atoms with Gasteiger partial charge in [-0.3, -0.25) is 4.79 Å². The Morgan fingerprint density at radius 2 is 1.79 bits per heavy atom. The van der Waals surface area contributed by atoms with Crippen molar-refractivity contribution in [2.24, 2.45) is 0 Å². The maximum Gasteiger partial charge on any atom is 0.251 e. The third kappa shape index (κ3) is 3.94. The van der Waals surface area contributed by atoms with Gasteiger partial charge in [-0.15, -0.1) is 0 Å². The molecule has 28 heavy (non-hydrogen) atoms. The van der Waals surface area contributed by atoms with Crippen LogP contribution in [-0.2, 0) is 15.6 Å². The molecule has 1 heterocycles. The molecule has 1 amide bonds. The van der Waals surface area contributed by atoms with Crippen LogP contribution in [0.5, 0.6) is 0 Å². The van der Waals surface area contributed by atoms with Crippen LogP contribution in [0.3, 0.4) is 0 Å². The van der Waals surface area contributed by atoms with E-state index in [1.165, 1.54) is 38.4 Å². The molecule has 0 aliphatic carbocycles. The number of carbonyl (C=O) groups is 1. The third-order valence-corrected chi connectivity index (χ3v) is 6.27. The van der Waals surface area contributed by atoms with Gasteiger partial charge in [0.15, 0.2) is 0 Å². The first kappa shape index (κ1) is 20.1. The number of hydrogen-bond acceptors (Lipinski definition) is 5. The van der Waals surface area contributed by atoms with Crippen LogP contribution < -0.4 is 5.32 Å². The molecule has 148 valence electrons. The van der Waals surface area contributed by atoms with Gasteiger partial charge in [0.25, 0.3) is 5.91 Å². The summed E-state index contributed by atoms with van der Waals surface area (Å²) in [5, 5.41) is 14.2. The number of benzene rings is 2. The van der Waals surface area contributed by atoms with Crippen LogP contribution in [-0.4, -0.2) is 44.4 Å². The van der Waals surface area contributed by atoms with E-state index in [0.29, 0.717) is 11.3 Å². The summed E-state index contributed by atoms with van der Waals surface area (Å²) in [5.74, 6) is -0.0772. The first-order valence-electron chi connectivity index (χ1n) is 8.63. The van der Waals surface area contributed by atoms with E-state index in [1.807, 2.05) is 18.2 Å². The lowest BCUT2D eigenvalue weighted by Gasteiger charge is -2.21. The molecule has 3 aromatic rings. The lowest BCUT2D eigenvalue weighted by atomic mass is 10.0. The van der Waals surface area contributed by atoms with E-state index < -0.39 is 21.5 Å². The smallest absolute Gasteiger partial charge is 0.251 e. The minimum atomic E-state index is -3.55. The van der Waals surface area contributed by atoms with E-state index in [2.05, 4.69) is 5.32 Å². The number of nitrogens with one attached hydrogen (secondary N) is 1. The van der Waals surface area contributed by atoms with Crippen LogP contribution >= 0.6 is 0 Å². The van der Waals surface area contributed by atoms with E-state index in [0.717, 1.165) is 9.69 Å². The zero-order valence-electron chi connectivity index (χ0n) is 15.8. The van der Waals surface area contributed by atoms with Gasteiger partial charge in [0.05, 0.1) is 11.4 Å². The Balaban J connectivity index is 1.70. The van der Waals surface area contributed by atoms with Crippen molar-refractivity contribution in [3.63, 3.8) is 0 Å². The molecule has 1 aromatic heterocycles. The number of sulfonamides is 1. The molecule has 0 fully saturated rings. The molecular weight excluding hydrogens is 380 g/mol. The summed E-state index contributed by atoms with van der Waals surface area (Å²) in [7, 11) is -0.673. The highest BCUT2D eigenvalue weighted by atomic mass is 32.2. The Morgan fingerprint density at radius 1 is 1.14 bits per heavy atom. The zero-order chi connectivity index (χ0) is 20.5. The average Bonchev–Trinajstić information content (AvgIpc) is 3.11. The van der Waals surface area contributed by atoms with E-state index in [-0.39, 0.29) is 17.0 Å². The topological polar surface area (TPSA) is 99.9 Å². The van der Waals surface area contributed by atoms with Gasteiger partial charge in [-0.05, 0) is 43.3 Å². The Bertz CT molecular complexity index is 1070. The monoisotopic (exact) mass is 402 g/mol. The fourth-order valence-electron chi connectivity index (χ4n) is 2.68. The van der Waals surface area contributed by atoms with Crippen LogP contribution in [0.15, 0.2) is 63.9 Å². The minimum absolute atomic E-state index is 0.0661. The van der Waals surface area contributed by atoms with Gasteiger partial charge in [-0.2, -0.15) is 0 Å². The number of nitrogens with zero attached hydrogens (tertiary/aromatic N) is 1. The molecule has 0 saturated heterocycles. The zero-order valence-corrected chi connectivity index (χ0v) is 16.7. The van der Waals surface area contributed by atoms with Crippen molar-refractivity contribution in [3.05, 3.63) is 65.9 Å². The van der Waals surface area contributed by atoms with E-state index in [1.54, 1.807) is 19.1 Å². The highest BCUT2D eigenvalue weighted by Gasteiger charge is 2.28. The van der Waals surface area contributed by atoms with Crippen LogP contribution in [0.2, 0.25) is 0 Å². The van der Waals surface area contributed by atoms with Gasteiger partial charge in [0, 0.05) is 25.0 Å². The van der Waals surface area contributed by atoms with Gasteiger partial charge in [0.2, 0.25) is 10.0 Å². The maximum atomic E-state index is 12.4. The van der Waals surface area contributed by atoms with Crippen LogP contribution in [0.1, 0.15) is 23.0 Å². The molecule has 3 rings (SSSR count). The number of carbonyl (C=O) groups excluding carboxylic acids is 1. The lowest BCUT2D eigenvalue weighted by molar-refractivity contribution is 0.0344. The summed E-state index contributed by atoms with van der Waals surface area (Å²) < 4.78 is 30.9. The van der Waals surface area contributed by atoms with Crippen molar-refractivity contribution < 1.29 is 22.7 Å². The molecule has 8 heteroatoms. The molecule has 2 N–H and O–H groups in total. The second kappa shape index (κ2) is 7.38. The molecule has 0 aliphatic rings. The highest BCUT2D eigenvalue weighted by molar-refractivity contribution is 7.89. The summed E-state index contributed by atoms with van der Waals surface area (Å²) in [6, 6.07) is 14.7. The fourth-order valence-corrected chi connectivity index (χ4v) is 3.58. The van der Waals surface area contributed by atoms with Crippen molar-refractivity contribution in [1.82, 2.24) is 9.62 Å². The molecule has 2 aromatic carbocycles. The van der Waals surface area contributed by atoms with Gasteiger partial charge < -0.3 is 14.8 Å². The molecular formula is C20H22N2O5S. The van der Waals surface area contributed by atoms with Crippen molar-refractivity contribution >= 4 is 26.9 Å². The first-order chi connectivity index (χ1) is 13.1. The highest BCUT2D eigenvalue weighted by Crippen LogP contribution is 2.27. The minimum Gasteiger partial charge on any atom is -0.458 e. The molecule has 0 spiro atoms. The number of amides is 1. The lowest BCUT2D eigenvalue weighted by Crippen LogP contribution is -2.38. The van der Waals surface area contributed by atoms with E-state index >= 15 is 0 Å². The van der Waals surface area contributed by atoms with Crippen LogP contribution in [0.4, 0.5) is 0 Å². The Hall–Kier alpha value is -2.68. The molecule has 7 nitrogen and oxygen atoms in total. The third-order valence-electron chi connectivity index (χ3n) is 4.44. The van der Waals surface area contributed by atoms with Crippen molar-refractivity contribution in [2.45, 2.75) is 17.4 Å². The SMILES string of the molecule is CN(C)S(=O)(=O)c1ccc(C(=O)NCC(C)(O)c2cc3ccccc3o2)cc1. The van der Waals surface area contributed by atoms with Crippen LogP contribution in [0, 0.1) is 0 Å². The van der Waals surface area contributed by atoms with Gasteiger partial charge >= 0.3 is 0 Å². The average molecular weight is 402 g/mol. The number of furan rings is 1. The van der Waals surface area contributed by atoms with Gasteiger partial charge in [-0.1, -0.05) is 18.2 Å². The standard InChI is InChI=1S/C20H22N2O5S/c1-20(24,18-12-15-6-4-5-7-17(15)27-18)13-21-19(23)14-8-10-16(11-9-14)28(25,26)22(2)3/h4-12,24H,13H2,1-3H3,(H,21,23). The van der Waals surface area contributed by atoms with Gasteiger partial charge in [-0.25, -0.2) is 12.7 Å². The molecule has 0 saturated carbocycles. The molecule has 1 unspecified atom stereocenters. The largest absolute Gasteiger partial charge is 0.458 e. The molecule has 0 bridgehead atoms. The number of hydrogen-bond donors (Lipinski definition) is 2. The van der Waals surface area contributed by atoms with E-state index in [9.17, 15) is 18.3 Å². The molecule has 1 atom stereocenters. The Morgan fingerprint density at radius 3 is 2.39 bits per heavy atom. The second-order valence-corrected chi connectivity index (χ2v) is 9.07. The van der Waals surface area contributed by atoms with Gasteiger partial charge in [0.1, 0.15) is 16.9 Å². The summed E-state index contributed by atoms with van der Waals surface area (Å²) in [6.07, 6.45) is 0. The first-order valence-corrected chi connectivity index (χ1v) is 10.1. The number of fused-ring (bicyclic) bond motifs is 1. The second-order valence-electron chi connectivity index (χ2n) is 6.92. The van der Waals surface area contributed by atoms with Crippen LogP contribution in [0.25, 0.3) is 11.0 Å². The summed E-state index contributed by atoms with van der Waals surface area (Å²) >= 11 is 0.